The second kappa shape index (κ2) is 7.30. The molecule has 0 radical (unpaired) electrons. The molecule has 0 saturated heterocycles. The molecule has 4 fully saturated rings. The van der Waals surface area contributed by atoms with Gasteiger partial charge in [-0.2, -0.15) is 0 Å². The summed E-state index contributed by atoms with van der Waals surface area (Å²) in [5.74, 6) is 2.77. The van der Waals surface area contributed by atoms with Crippen LogP contribution in [0.1, 0.15) is 55.2 Å². The van der Waals surface area contributed by atoms with Gasteiger partial charge >= 0.3 is 5.97 Å². The predicted molar refractivity (Wildman–Crippen MR) is 120 cm³/mol. The Balaban J connectivity index is 1.59. The Bertz CT molecular complexity index is 981. The number of carboxylic acids is 1. The number of carboxylic acid groups (broad SMARTS) is 1. The van der Waals surface area contributed by atoms with E-state index in [0.29, 0.717) is 0 Å². The van der Waals surface area contributed by atoms with Gasteiger partial charge in [0.25, 0.3) is 0 Å². The third-order valence-electron chi connectivity index (χ3n) is 7.77. The molecule has 0 atom stereocenters. The first-order valence-corrected chi connectivity index (χ1v) is 11.2. The van der Waals surface area contributed by atoms with Crippen molar-refractivity contribution in [2.45, 2.75) is 50.9 Å². The van der Waals surface area contributed by atoms with Crippen molar-refractivity contribution in [2.24, 2.45) is 17.8 Å². The molecule has 4 aliphatic rings. The summed E-state index contributed by atoms with van der Waals surface area (Å²) in [6.07, 6.45) is 11.1. The third kappa shape index (κ3) is 3.34. The number of aliphatic carboxylic acids is 1. The maximum atomic E-state index is 10.9. The Labute approximate surface area is 178 Å². The van der Waals surface area contributed by atoms with Crippen LogP contribution in [0.4, 0.5) is 0 Å². The van der Waals surface area contributed by atoms with Gasteiger partial charge in [0.15, 0.2) is 0 Å². The number of carbonyl (C=O) groups is 1. The van der Waals surface area contributed by atoms with Crippen LogP contribution >= 0.6 is 0 Å². The minimum absolute atomic E-state index is 0.267. The highest BCUT2D eigenvalue weighted by Crippen LogP contribution is 2.62. The van der Waals surface area contributed by atoms with Gasteiger partial charge in [-0.05, 0) is 115 Å². The summed E-state index contributed by atoms with van der Waals surface area (Å²) in [4.78, 5) is 10.9. The Morgan fingerprint density at radius 3 is 2.33 bits per heavy atom. The molecule has 4 bridgehead atoms. The minimum Gasteiger partial charge on any atom is -0.496 e. The van der Waals surface area contributed by atoms with Crippen LogP contribution in [-0.2, 0) is 10.2 Å². The summed E-state index contributed by atoms with van der Waals surface area (Å²) >= 11 is 0. The molecule has 3 nitrogen and oxygen atoms in total. The van der Waals surface area contributed by atoms with Crippen LogP contribution in [-0.4, -0.2) is 18.2 Å². The summed E-state index contributed by atoms with van der Waals surface area (Å²) in [6, 6.07) is 12.8. The third-order valence-corrected chi connectivity index (χ3v) is 7.77. The van der Waals surface area contributed by atoms with Crippen LogP contribution in [0.5, 0.6) is 5.75 Å². The van der Waals surface area contributed by atoms with E-state index >= 15 is 0 Å². The fourth-order valence-corrected chi connectivity index (χ4v) is 6.99. The lowest BCUT2D eigenvalue weighted by atomic mass is 9.48. The van der Waals surface area contributed by atoms with Gasteiger partial charge in [-0.3, -0.25) is 0 Å². The van der Waals surface area contributed by atoms with Crippen molar-refractivity contribution in [1.29, 1.82) is 0 Å². The number of methoxy groups -OCH3 is 1. The molecule has 2 aromatic rings. The van der Waals surface area contributed by atoms with Crippen molar-refractivity contribution in [3.63, 3.8) is 0 Å². The number of ether oxygens (including phenoxy) is 1. The molecule has 6 rings (SSSR count). The van der Waals surface area contributed by atoms with Crippen molar-refractivity contribution >= 4 is 12.0 Å². The molecule has 0 unspecified atom stereocenters. The maximum Gasteiger partial charge on any atom is 0.328 e. The molecule has 1 N–H and O–H groups in total. The highest BCUT2D eigenvalue weighted by atomic mass is 16.5. The highest BCUT2D eigenvalue weighted by molar-refractivity contribution is 5.85. The van der Waals surface area contributed by atoms with E-state index in [-0.39, 0.29) is 5.41 Å². The number of rotatable bonds is 5. The molecule has 0 spiro atoms. The Morgan fingerprint density at radius 1 is 1.07 bits per heavy atom. The van der Waals surface area contributed by atoms with Gasteiger partial charge in [-0.25, -0.2) is 4.79 Å². The SMILES string of the molecule is COc1cc(C)c(-c2cccc(C=CC(=O)O)c2)cc1C12CC3CC(CC(C3)C1)C2. The van der Waals surface area contributed by atoms with Crippen molar-refractivity contribution < 1.29 is 14.6 Å². The first kappa shape index (κ1) is 19.4. The normalized spacial score (nSPS) is 29.5. The zero-order valence-electron chi connectivity index (χ0n) is 17.9. The second-order valence-electron chi connectivity index (χ2n) is 9.86. The molecule has 3 heteroatoms. The number of aryl methyl sites for hydroxylation is 1. The lowest BCUT2D eigenvalue weighted by Crippen LogP contribution is -2.48. The first-order valence-electron chi connectivity index (χ1n) is 11.2. The molecular weight excluding hydrogens is 372 g/mol. The minimum atomic E-state index is -0.926. The molecule has 0 heterocycles. The van der Waals surface area contributed by atoms with Gasteiger partial charge in [0, 0.05) is 11.6 Å². The first-order chi connectivity index (χ1) is 14.5. The van der Waals surface area contributed by atoms with Crippen molar-refractivity contribution in [2.75, 3.05) is 7.11 Å². The van der Waals surface area contributed by atoms with Gasteiger partial charge in [-0.1, -0.05) is 18.2 Å². The van der Waals surface area contributed by atoms with E-state index in [1.54, 1.807) is 13.2 Å². The van der Waals surface area contributed by atoms with Gasteiger partial charge in [-0.15, -0.1) is 0 Å². The van der Waals surface area contributed by atoms with E-state index in [0.717, 1.165) is 34.6 Å². The van der Waals surface area contributed by atoms with Crippen LogP contribution in [0, 0.1) is 24.7 Å². The van der Waals surface area contributed by atoms with Crippen LogP contribution in [0.25, 0.3) is 17.2 Å². The molecule has 2 aromatic carbocycles. The summed E-state index contributed by atoms with van der Waals surface area (Å²) in [7, 11) is 1.80. The Hall–Kier alpha value is -2.55. The molecule has 4 saturated carbocycles. The number of benzene rings is 2. The Morgan fingerprint density at radius 2 is 1.73 bits per heavy atom. The second-order valence-corrected chi connectivity index (χ2v) is 9.86. The van der Waals surface area contributed by atoms with Crippen molar-refractivity contribution in [3.8, 4) is 16.9 Å². The van der Waals surface area contributed by atoms with E-state index in [1.165, 1.54) is 61.3 Å². The van der Waals surface area contributed by atoms with Gasteiger partial charge in [0.2, 0.25) is 0 Å². The summed E-state index contributed by atoms with van der Waals surface area (Å²) in [6.45, 7) is 2.14. The van der Waals surface area contributed by atoms with Crippen LogP contribution in [0.3, 0.4) is 0 Å². The number of hydrogen-bond acceptors (Lipinski definition) is 2. The Kier molecular flexibility index (Phi) is 4.72. The molecule has 0 aliphatic heterocycles. The average molecular weight is 403 g/mol. The molecule has 30 heavy (non-hydrogen) atoms. The molecular formula is C27H30O3. The summed E-state index contributed by atoms with van der Waals surface area (Å²) < 4.78 is 5.92. The van der Waals surface area contributed by atoms with E-state index in [2.05, 4.69) is 31.2 Å². The van der Waals surface area contributed by atoms with Gasteiger partial charge < -0.3 is 9.84 Å². The van der Waals surface area contributed by atoms with Crippen molar-refractivity contribution in [3.05, 3.63) is 59.2 Å². The predicted octanol–water partition coefficient (Wildman–Crippen LogP) is 6.24. The van der Waals surface area contributed by atoms with Crippen LogP contribution in [0.2, 0.25) is 0 Å². The number of hydrogen-bond donors (Lipinski definition) is 1. The van der Waals surface area contributed by atoms with E-state index in [1.807, 2.05) is 12.1 Å². The van der Waals surface area contributed by atoms with E-state index in [9.17, 15) is 4.79 Å². The van der Waals surface area contributed by atoms with Crippen LogP contribution < -0.4 is 4.74 Å². The zero-order chi connectivity index (χ0) is 20.9. The largest absolute Gasteiger partial charge is 0.496 e. The molecule has 0 amide bonds. The standard InChI is InChI=1S/C27H30O3/c1-17-8-25(30-2)24(27-14-19-9-20(15-27)11-21(10-19)16-27)13-23(17)22-5-3-4-18(12-22)6-7-26(28)29/h3-8,12-13,19-21H,9-11,14-16H2,1-2H3,(H,28,29). The average Bonchev–Trinajstić information content (AvgIpc) is 2.71. The lowest BCUT2D eigenvalue weighted by molar-refractivity contribution is -0.131. The molecule has 156 valence electrons. The highest BCUT2D eigenvalue weighted by Gasteiger charge is 2.52. The fraction of sp³-hybridized carbons (Fsp3) is 0.444. The molecule has 0 aromatic heterocycles. The smallest absolute Gasteiger partial charge is 0.328 e. The topological polar surface area (TPSA) is 46.5 Å². The maximum absolute atomic E-state index is 10.9. The van der Waals surface area contributed by atoms with Gasteiger partial charge in [0.05, 0.1) is 7.11 Å². The van der Waals surface area contributed by atoms with Crippen LogP contribution in [0.15, 0.2) is 42.5 Å². The summed E-state index contributed by atoms with van der Waals surface area (Å²) in [5, 5.41) is 8.95. The summed E-state index contributed by atoms with van der Waals surface area (Å²) in [5.41, 5.74) is 6.13. The quantitative estimate of drug-likeness (QED) is 0.603. The van der Waals surface area contributed by atoms with Crippen molar-refractivity contribution in [1.82, 2.24) is 0 Å². The lowest BCUT2D eigenvalue weighted by Gasteiger charge is -2.57. The fourth-order valence-electron chi connectivity index (χ4n) is 6.99. The van der Waals surface area contributed by atoms with Gasteiger partial charge in [0.1, 0.15) is 5.75 Å². The van der Waals surface area contributed by atoms with E-state index in [4.69, 9.17) is 9.84 Å². The zero-order valence-corrected chi connectivity index (χ0v) is 17.9. The monoisotopic (exact) mass is 402 g/mol. The van der Waals surface area contributed by atoms with E-state index < -0.39 is 5.97 Å². The molecule has 4 aliphatic carbocycles.